The second-order valence-corrected chi connectivity index (χ2v) is 2.83. The van der Waals surface area contributed by atoms with Crippen molar-refractivity contribution in [3.63, 3.8) is 0 Å². The van der Waals surface area contributed by atoms with Crippen molar-refractivity contribution in [2.75, 3.05) is 0 Å². The first-order valence-corrected chi connectivity index (χ1v) is 3.80. The molecule has 1 atom stereocenters. The Morgan fingerprint density at radius 1 is 1.57 bits per heavy atom. The van der Waals surface area contributed by atoms with Gasteiger partial charge in [0.25, 0.3) is 0 Å². The van der Waals surface area contributed by atoms with Gasteiger partial charge in [-0.1, -0.05) is 0 Å². The normalized spacial score (nSPS) is 11.6. The Labute approximate surface area is 87.1 Å². The Bertz CT molecular complexity index is 342. The van der Waals surface area contributed by atoms with Gasteiger partial charge in [0.15, 0.2) is 0 Å². The maximum atomic E-state index is 13.0. The molecule has 5 heteroatoms. The van der Waals surface area contributed by atoms with Crippen molar-refractivity contribution in [3.05, 3.63) is 35.1 Å². The lowest BCUT2D eigenvalue weighted by atomic mass is 10.1. The first-order valence-electron chi connectivity index (χ1n) is 3.80. The lowest BCUT2D eigenvalue weighted by molar-refractivity contribution is 0.0696. The summed E-state index contributed by atoms with van der Waals surface area (Å²) in [5.74, 6) is -1.55. The van der Waals surface area contributed by atoms with Crippen molar-refractivity contribution in [1.29, 1.82) is 0 Å². The molecule has 0 aliphatic heterocycles. The van der Waals surface area contributed by atoms with Gasteiger partial charge in [-0.3, -0.25) is 0 Å². The lowest BCUT2D eigenvalue weighted by Crippen LogP contribution is -2.09. The summed E-state index contributed by atoms with van der Waals surface area (Å²) in [6, 6.07) is 3.08. The van der Waals surface area contributed by atoms with Gasteiger partial charge >= 0.3 is 5.97 Å². The van der Waals surface area contributed by atoms with E-state index in [1.807, 2.05) is 0 Å². The first-order chi connectivity index (χ1) is 6.02. The molecule has 1 aromatic rings. The standard InChI is InChI=1S/C9H10FNO2.ClH/c1-5(11)7-4-6(9(12)13)2-3-8(7)10;/h2-5H,11H2,1H3,(H,12,13);1H. The molecule has 3 nitrogen and oxygen atoms in total. The molecule has 0 saturated heterocycles. The van der Waals surface area contributed by atoms with Crippen molar-refractivity contribution in [2.45, 2.75) is 13.0 Å². The van der Waals surface area contributed by atoms with Crippen molar-refractivity contribution in [2.24, 2.45) is 5.73 Å². The molecule has 14 heavy (non-hydrogen) atoms. The molecule has 0 spiro atoms. The van der Waals surface area contributed by atoms with Crippen molar-refractivity contribution in [1.82, 2.24) is 0 Å². The number of rotatable bonds is 2. The number of carboxylic acids is 1. The van der Waals surface area contributed by atoms with E-state index >= 15 is 0 Å². The van der Waals surface area contributed by atoms with E-state index in [-0.39, 0.29) is 23.5 Å². The molecule has 3 N–H and O–H groups in total. The average Bonchev–Trinajstić information content (AvgIpc) is 2.04. The number of carboxylic acid groups (broad SMARTS) is 1. The van der Waals surface area contributed by atoms with Crippen LogP contribution >= 0.6 is 12.4 Å². The largest absolute Gasteiger partial charge is 0.478 e. The molecule has 0 saturated carbocycles. The average molecular weight is 220 g/mol. The number of carbonyl (C=O) groups is 1. The Kier molecular flexibility index (Phi) is 4.53. The zero-order chi connectivity index (χ0) is 10.0. The fourth-order valence-electron chi connectivity index (χ4n) is 1.03. The maximum Gasteiger partial charge on any atom is 0.335 e. The maximum absolute atomic E-state index is 13.0. The number of nitrogens with two attached hydrogens (primary N) is 1. The van der Waals surface area contributed by atoms with Gasteiger partial charge < -0.3 is 10.8 Å². The second-order valence-electron chi connectivity index (χ2n) is 2.83. The van der Waals surface area contributed by atoms with E-state index in [0.29, 0.717) is 0 Å². The number of benzene rings is 1. The Morgan fingerprint density at radius 3 is 2.57 bits per heavy atom. The van der Waals surface area contributed by atoms with Crippen LogP contribution in [0.3, 0.4) is 0 Å². The first kappa shape index (κ1) is 12.9. The van der Waals surface area contributed by atoms with E-state index in [0.717, 1.165) is 6.07 Å². The van der Waals surface area contributed by atoms with Crippen LogP contribution in [0.2, 0.25) is 0 Å². The number of hydrogen-bond donors (Lipinski definition) is 2. The lowest BCUT2D eigenvalue weighted by Gasteiger charge is -2.07. The van der Waals surface area contributed by atoms with Crippen LogP contribution in [-0.4, -0.2) is 11.1 Å². The van der Waals surface area contributed by atoms with Crippen LogP contribution in [0, 0.1) is 5.82 Å². The molecule has 0 amide bonds. The van der Waals surface area contributed by atoms with Crippen LogP contribution in [-0.2, 0) is 0 Å². The summed E-state index contributed by atoms with van der Waals surface area (Å²) in [6.07, 6.45) is 0. The third-order valence-corrected chi connectivity index (χ3v) is 1.73. The minimum Gasteiger partial charge on any atom is -0.478 e. The monoisotopic (exact) mass is 219 g/mol. The number of halogens is 2. The summed E-state index contributed by atoms with van der Waals surface area (Å²) >= 11 is 0. The van der Waals surface area contributed by atoms with E-state index in [4.69, 9.17) is 10.8 Å². The molecule has 0 radical (unpaired) electrons. The van der Waals surface area contributed by atoms with Crippen LogP contribution in [0.15, 0.2) is 18.2 Å². The van der Waals surface area contributed by atoms with Crippen LogP contribution in [0.1, 0.15) is 28.9 Å². The van der Waals surface area contributed by atoms with Gasteiger partial charge in [-0.2, -0.15) is 0 Å². The summed E-state index contributed by atoms with van der Waals surface area (Å²) in [5, 5.41) is 8.62. The summed E-state index contributed by atoms with van der Waals surface area (Å²) in [4.78, 5) is 10.5. The van der Waals surface area contributed by atoms with Gasteiger partial charge in [0.1, 0.15) is 5.82 Å². The Balaban J connectivity index is 0.00000169. The smallest absolute Gasteiger partial charge is 0.335 e. The van der Waals surface area contributed by atoms with Crippen molar-refractivity contribution >= 4 is 18.4 Å². The van der Waals surface area contributed by atoms with Crippen LogP contribution in [0.25, 0.3) is 0 Å². The van der Waals surface area contributed by atoms with E-state index in [2.05, 4.69) is 0 Å². The van der Waals surface area contributed by atoms with Crippen LogP contribution < -0.4 is 5.73 Å². The predicted octanol–water partition coefficient (Wildman–Crippen LogP) is 1.97. The zero-order valence-corrected chi connectivity index (χ0v) is 8.34. The summed E-state index contributed by atoms with van der Waals surface area (Å²) in [7, 11) is 0. The fourth-order valence-corrected chi connectivity index (χ4v) is 1.03. The zero-order valence-electron chi connectivity index (χ0n) is 7.53. The Hall–Kier alpha value is -1.13. The topological polar surface area (TPSA) is 63.3 Å². The summed E-state index contributed by atoms with van der Waals surface area (Å²) in [6.45, 7) is 1.60. The third kappa shape index (κ3) is 2.68. The SMILES string of the molecule is CC(N)c1cc(C(=O)O)ccc1F.Cl. The summed E-state index contributed by atoms with van der Waals surface area (Å²) in [5.41, 5.74) is 5.72. The Morgan fingerprint density at radius 2 is 2.14 bits per heavy atom. The molecule has 0 fully saturated rings. The van der Waals surface area contributed by atoms with E-state index < -0.39 is 17.8 Å². The minimum atomic E-state index is -1.08. The molecular weight excluding hydrogens is 209 g/mol. The highest BCUT2D eigenvalue weighted by Crippen LogP contribution is 2.16. The van der Waals surface area contributed by atoms with Gasteiger partial charge in [0.05, 0.1) is 5.56 Å². The molecule has 0 aromatic heterocycles. The van der Waals surface area contributed by atoms with E-state index in [1.165, 1.54) is 12.1 Å². The summed E-state index contributed by atoms with van der Waals surface area (Å²) < 4.78 is 13.0. The van der Waals surface area contributed by atoms with E-state index in [9.17, 15) is 9.18 Å². The highest BCUT2D eigenvalue weighted by Gasteiger charge is 2.10. The molecule has 1 unspecified atom stereocenters. The molecule has 1 aromatic carbocycles. The van der Waals surface area contributed by atoms with Crippen molar-refractivity contribution < 1.29 is 14.3 Å². The molecule has 0 aliphatic carbocycles. The van der Waals surface area contributed by atoms with Gasteiger partial charge in [0.2, 0.25) is 0 Å². The highest BCUT2D eigenvalue weighted by atomic mass is 35.5. The van der Waals surface area contributed by atoms with Gasteiger partial charge in [-0.05, 0) is 25.1 Å². The van der Waals surface area contributed by atoms with E-state index in [1.54, 1.807) is 6.92 Å². The van der Waals surface area contributed by atoms with Gasteiger partial charge in [-0.25, -0.2) is 9.18 Å². The highest BCUT2D eigenvalue weighted by molar-refractivity contribution is 5.87. The molecule has 78 valence electrons. The number of aromatic carboxylic acids is 1. The fraction of sp³-hybridized carbons (Fsp3) is 0.222. The molecule has 0 bridgehead atoms. The third-order valence-electron chi connectivity index (χ3n) is 1.73. The molecule has 0 aliphatic rings. The van der Waals surface area contributed by atoms with Crippen LogP contribution in [0.5, 0.6) is 0 Å². The molecule has 1 rings (SSSR count). The second kappa shape index (κ2) is 4.93. The van der Waals surface area contributed by atoms with Crippen molar-refractivity contribution in [3.8, 4) is 0 Å². The predicted molar refractivity (Wildman–Crippen MR) is 53.2 cm³/mol. The van der Waals surface area contributed by atoms with Gasteiger partial charge in [0, 0.05) is 11.6 Å². The minimum absolute atomic E-state index is 0. The molecular formula is C9H11ClFNO2. The molecule has 0 heterocycles. The van der Waals surface area contributed by atoms with Crippen LogP contribution in [0.4, 0.5) is 4.39 Å². The number of hydrogen-bond acceptors (Lipinski definition) is 2. The quantitative estimate of drug-likeness (QED) is 0.799. The van der Waals surface area contributed by atoms with Gasteiger partial charge in [-0.15, -0.1) is 12.4 Å².